The molecule has 2 saturated heterocycles. The molecule has 2 aliphatic rings. The molecule has 1 aromatic carbocycles. The average Bonchev–Trinajstić information content (AvgIpc) is 2.86. The van der Waals surface area contributed by atoms with Gasteiger partial charge in [-0.25, -0.2) is 9.59 Å². The van der Waals surface area contributed by atoms with E-state index in [9.17, 15) is 19.8 Å². The van der Waals surface area contributed by atoms with Crippen LogP contribution in [-0.4, -0.2) is 51.7 Å². The highest BCUT2D eigenvalue weighted by atomic mass is 16.4. The number of hydrogen-bond donors (Lipinski definition) is 3. The number of carboxylic acids is 2. The van der Waals surface area contributed by atoms with Gasteiger partial charge >= 0.3 is 11.9 Å². The second-order valence-corrected chi connectivity index (χ2v) is 7.23. The molecule has 0 amide bonds. The third-order valence-electron chi connectivity index (χ3n) is 6.11. The van der Waals surface area contributed by atoms with Crippen LogP contribution in [0.25, 0.3) is 0 Å². The van der Waals surface area contributed by atoms with Crippen LogP contribution < -0.4 is 5.32 Å². The van der Waals surface area contributed by atoms with E-state index in [0.717, 1.165) is 12.0 Å². The molecule has 2 fully saturated rings. The van der Waals surface area contributed by atoms with Crippen molar-refractivity contribution in [3.05, 3.63) is 35.9 Å². The van der Waals surface area contributed by atoms with E-state index in [1.807, 2.05) is 37.3 Å². The minimum atomic E-state index is -1.87. The SMILES string of the molecule is CCC1CC2(CCNCC2)C(C(=O)O)(C(=O)O)N1Cc1ccccc1. The van der Waals surface area contributed by atoms with Crippen molar-refractivity contribution in [3.8, 4) is 0 Å². The summed E-state index contributed by atoms with van der Waals surface area (Å²) in [5.74, 6) is -2.46. The maximum Gasteiger partial charge on any atom is 0.336 e. The number of likely N-dealkylation sites (tertiary alicyclic amines) is 1. The van der Waals surface area contributed by atoms with Gasteiger partial charge in [-0.2, -0.15) is 0 Å². The first-order valence-electron chi connectivity index (χ1n) is 8.96. The number of carboxylic acid groups (broad SMARTS) is 2. The summed E-state index contributed by atoms with van der Waals surface area (Å²) >= 11 is 0. The van der Waals surface area contributed by atoms with Gasteiger partial charge in [0.2, 0.25) is 5.54 Å². The number of hydrogen-bond acceptors (Lipinski definition) is 4. The fraction of sp³-hybridized carbons (Fsp3) is 0.579. The van der Waals surface area contributed by atoms with E-state index < -0.39 is 22.9 Å². The predicted molar refractivity (Wildman–Crippen MR) is 93.2 cm³/mol. The average molecular weight is 346 g/mol. The summed E-state index contributed by atoms with van der Waals surface area (Å²) in [6.45, 7) is 3.68. The Labute approximate surface area is 147 Å². The Bertz CT molecular complexity index is 626. The molecule has 25 heavy (non-hydrogen) atoms. The van der Waals surface area contributed by atoms with Gasteiger partial charge in [-0.3, -0.25) is 4.90 Å². The van der Waals surface area contributed by atoms with Crippen LogP contribution in [-0.2, 0) is 16.1 Å². The number of aliphatic carboxylic acids is 2. The first-order chi connectivity index (χ1) is 12.0. The third-order valence-corrected chi connectivity index (χ3v) is 6.11. The van der Waals surface area contributed by atoms with E-state index in [-0.39, 0.29) is 6.04 Å². The van der Waals surface area contributed by atoms with Gasteiger partial charge in [0.15, 0.2) is 0 Å². The third kappa shape index (κ3) is 2.64. The van der Waals surface area contributed by atoms with Crippen molar-refractivity contribution in [2.24, 2.45) is 5.41 Å². The second-order valence-electron chi connectivity index (χ2n) is 7.23. The number of nitrogens with zero attached hydrogens (tertiary/aromatic N) is 1. The van der Waals surface area contributed by atoms with Gasteiger partial charge < -0.3 is 15.5 Å². The molecule has 0 radical (unpaired) electrons. The Hall–Kier alpha value is -1.92. The summed E-state index contributed by atoms with van der Waals surface area (Å²) in [5, 5.41) is 23.6. The standard InChI is InChI=1S/C19H26N2O4/c1-2-15-12-18(8-10-20-11-9-18)19(16(22)23,17(24)25)21(15)13-14-6-4-3-5-7-14/h3-7,15,20H,2,8-13H2,1H3,(H,22,23)(H,24,25). The van der Waals surface area contributed by atoms with Crippen molar-refractivity contribution < 1.29 is 19.8 Å². The van der Waals surface area contributed by atoms with Crippen LogP contribution in [0.5, 0.6) is 0 Å². The lowest BCUT2D eigenvalue weighted by atomic mass is 9.63. The summed E-state index contributed by atoms with van der Waals surface area (Å²) < 4.78 is 0. The van der Waals surface area contributed by atoms with Gasteiger partial charge in [0.05, 0.1) is 0 Å². The van der Waals surface area contributed by atoms with E-state index >= 15 is 0 Å². The van der Waals surface area contributed by atoms with Crippen molar-refractivity contribution >= 4 is 11.9 Å². The second kappa shape index (κ2) is 6.77. The van der Waals surface area contributed by atoms with E-state index in [1.54, 1.807) is 4.90 Å². The molecule has 3 rings (SSSR count). The lowest BCUT2D eigenvalue weighted by molar-refractivity contribution is -0.177. The Kier molecular flexibility index (Phi) is 4.84. The zero-order valence-electron chi connectivity index (χ0n) is 14.6. The molecule has 1 unspecified atom stereocenters. The summed E-state index contributed by atoms with van der Waals surface area (Å²) in [6.07, 6.45) is 2.52. The van der Waals surface area contributed by atoms with Gasteiger partial charge in [-0.15, -0.1) is 0 Å². The Morgan fingerprint density at radius 1 is 1.16 bits per heavy atom. The van der Waals surface area contributed by atoms with Crippen molar-refractivity contribution in [2.45, 2.75) is 50.7 Å². The molecule has 2 aliphatic heterocycles. The monoisotopic (exact) mass is 346 g/mol. The maximum absolute atomic E-state index is 12.5. The number of piperidine rings is 1. The Balaban J connectivity index is 2.11. The molecule has 0 aliphatic carbocycles. The zero-order valence-corrected chi connectivity index (χ0v) is 14.6. The lowest BCUT2D eigenvalue weighted by Gasteiger charge is -2.46. The van der Waals surface area contributed by atoms with Gasteiger partial charge in [-0.1, -0.05) is 37.3 Å². The highest BCUT2D eigenvalue weighted by molar-refractivity contribution is 6.05. The van der Waals surface area contributed by atoms with Crippen molar-refractivity contribution in [1.82, 2.24) is 10.2 Å². The van der Waals surface area contributed by atoms with Crippen molar-refractivity contribution in [3.63, 3.8) is 0 Å². The van der Waals surface area contributed by atoms with Gasteiger partial charge in [0, 0.05) is 18.0 Å². The lowest BCUT2D eigenvalue weighted by Crippen LogP contribution is -2.66. The molecular formula is C19H26N2O4. The van der Waals surface area contributed by atoms with Crippen molar-refractivity contribution in [2.75, 3.05) is 13.1 Å². The Morgan fingerprint density at radius 2 is 1.76 bits per heavy atom. The molecule has 1 atom stereocenters. The van der Waals surface area contributed by atoms with Gasteiger partial charge in [0.1, 0.15) is 0 Å². The van der Waals surface area contributed by atoms with Crippen LogP contribution in [0.15, 0.2) is 30.3 Å². The fourth-order valence-corrected chi connectivity index (χ4v) is 4.94. The van der Waals surface area contributed by atoms with Crippen LogP contribution in [0.4, 0.5) is 0 Å². The van der Waals surface area contributed by atoms with E-state index in [1.165, 1.54) is 0 Å². The molecule has 0 aromatic heterocycles. The predicted octanol–water partition coefficient (Wildman–Crippen LogP) is 1.95. The number of rotatable bonds is 5. The summed E-state index contributed by atoms with van der Waals surface area (Å²) in [7, 11) is 0. The molecular weight excluding hydrogens is 320 g/mol. The van der Waals surface area contributed by atoms with Gasteiger partial charge in [0.25, 0.3) is 0 Å². The van der Waals surface area contributed by atoms with Crippen LogP contribution in [0.3, 0.4) is 0 Å². The normalized spacial score (nSPS) is 25.1. The molecule has 1 spiro atoms. The van der Waals surface area contributed by atoms with Crippen LogP contribution in [0, 0.1) is 5.41 Å². The highest BCUT2D eigenvalue weighted by Crippen LogP contribution is 2.55. The zero-order chi connectivity index (χ0) is 18.1. The maximum atomic E-state index is 12.5. The summed E-state index contributed by atoms with van der Waals surface area (Å²) in [5.41, 5.74) is -1.66. The molecule has 0 bridgehead atoms. The topological polar surface area (TPSA) is 89.9 Å². The minimum absolute atomic E-state index is 0.0505. The Morgan fingerprint density at radius 3 is 2.28 bits per heavy atom. The molecule has 6 heteroatoms. The highest BCUT2D eigenvalue weighted by Gasteiger charge is 2.71. The summed E-state index contributed by atoms with van der Waals surface area (Å²) in [6, 6.07) is 9.50. The smallest absolute Gasteiger partial charge is 0.336 e. The first kappa shape index (κ1) is 17.9. The molecule has 2 heterocycles. The number of nitrogens with one attached hydrogen (secondary N) is 1. The van der Waals surface area contributed by atoms with E-state index in [2.05, 4.69) is 5.32 Å². The molecule has 136 valence electrons. The number of benzene rings is 1. The minimum Gasteiger partial charge on any atom is -0.479 e. The van der Waals surface area contributed by atoms with E-state index in [0.29, 0.717) is 38.9 Å². The molecule has 6 nitrogen and oxygen atoms in total. The largest absolute Gasteiger partial charge is 0.479 e. The van der Waals surface area contributed by atoms with Crippen molar-refractivity contribution in [1.29, 1.82) is 0 Å². The summed E-state index contributed by atoms with van der Waals surface area (Å²) in [4.78, 5) is 26.7. The van der Waals surface area contributed by atoms with Crippen LogP contribution in [0.1, 0.15) is 38.2 Å². The van der Waals surface area contributed by atoms with E-state index in [4.69, 9.17) is 0 Å². The van der Waals surface area contributed by atoms with Crippen LogP contribution in [0.2, 0.25) is 0 Å². The molecule has 0 saturated carbocycles. The van der Waals surface area contributed by atoms with Gasteiger partial charge in [-0.05, 0) is 44.3 Å². The fourth-order valence-electron chi connectivity index (χ4n) is 4.94. The molecule has 3 N–H and O–H groups in total. The van der Waals surface area contributed by atoms with Crippen LogP contribution >= 0.6 is 0 Å². The number of carbonyl (C=O) groups is 2. The molecule has 1 aromatic rings. The first-order valence-corrected chi connectivity index (χ1v) is 8.96. The quantitative estimate of drug-likeness (QED) is 0.706.